The molecule has 92 valence electrons. The van der Waals surface area contributed by atoms with Crippen molar-refractivity contribution in [3.8, 4) is 0 Å². The Morgan fingerprint density at radius 1 is 1.53 bits per heavy atom. The van der Waals surface area contributed by atoms with Gasteiger partial charge in [0.2, 0.25) is 0 Å². The molecule has 0 radical (unpaired) electrons. The molecule has 0 fully saturated rings. The van der Waals surface area contributed by atoms with Crippen molar-refractivity contribution in [3.05, 3.63) is 23.2 Å². The molecule has 2 aromatic heterocycles. The van der Waals surface area contributed by atoms with Crippen LogP contribution in [0.4, 0.5) is 11.5 Å². The number of nitrogen functional groups attached to an aromatic ring is 1. The molecule has 0 aromatic carbocycles. The molecule has 6 heteroatoms. The van der Waals surface area contributed by atoms with Gasteiger partial charge in [-0.05, 0) is 13.3 Å². The molecule has 0 atom stereocenters. The van der Waals surface area contributed by atoms with E-state index < -0.39 is 0 Å². The van der Waals surface area contributed by atoms with Crippen LogP contribution in [0.25, 0.3) is 0 Å². The van der Waals surface area contributed by atoms with Crippen molar-refractivity contribution < 1.29 is 4.52 Å². The number of nitrogens with two attached hydrogens (primary N) is 1. The predicted octanol–water partition coefficient (Wildman–Crippen LogP) is 1.47. The molecule has 0 unspecified atom stereocenters. The van der Waals surface area contributed by atoms with E-state index in [0.29, 0.717) is 12.2 Å². The molecule has 0 amide bonds. The van der Waals surface area contributed by atoms with Crippen LogP contribution in [0.15, 0.2) is 10.6 Å². The van der Waals surface area contributed by atoms with Crippen molar-refractivity contribution in [2.45, 2.75) is 26.8 Å². The summed E-state index contributed by atoms with van der Waals surface area (Å²) in [6.45, 7) is 4.47. The van der Waals surface area contributed by atoms with E-state index in [4.69, 9.17) is 10.3 Å². The van der Waals surface area contributed by atoms with Gasteiger partial charge in [-0.3, -0.25) is 4.68 Å². The Morgan fingerprint density at radius 2 is 2.29 bits per heavy atom. The maximum atomic E-state index is 5.99. The summed E-state index contributed by atoms with van der Waals surface area (Å²) >= 11 is 0. The second kappa shape index (κ2) is 4.48. The van der Waals surface area contributed by atoms with Crippen molar-refractivity contribution >= 4 is 11.5 Å². The molecule has 17 heavy (non-hydrogen) atoms. The highest BCUT2D eigenvalue weighted by molar-refractivity contribution is 5.64. The lowest BCUT2D eigenvalue weighted by Gasteiger charge is -2.05. The van der Waals surface area contributed by atoms with Crippen molar-refractivity contribution in [2.75, 3.05) is 11.1 Å². The lowest BCUT2D eigenvalue weighted by Crippen LogP contribution is -2.05. The van der Waals surface area contributed by atoms with Crippen LogP contribution in [0.2, 0.25) is 0 Å². The van der Waals surface area contributed by atoms with Crippen LogP contribution < -0.4 is 11.1 Å². The molecule has 0 saturated heterocycles. The van der Waals surface area contributed by atoms with Gasteiger partial charge in [-0.15, -0.1) is 0 Å². The summed E-state index contributed by atoms with van der Waals surface area (Å²) in [5.74, 6) is 1.59. The first-order valence-electron chi connectivity index (χ1n) is 5.59. The summed E-state index contributed by atoms with van der Waals surface area (Å²) in [7, 11) is 1.86. The number of aromatic nitrogens is 3. The van der Waals surface area contributed by atoms with Crippen LogP contribution in [-0.4, -0.2) is 14.9 Å². The van der Waals surface area contributed by atoms with Gasteiger partial charge in [0, 0.05) is 13.1 Å². The van der Waals surface area contributed by atoms with Crippen LogP contribution in [-0.2, 0) is 20.0 Å². The highest BCUT2D eigenvalue weighted by Crippen LogP contribution is 2.22. The van der Waals surface area contributed by atoms with E-state index in [2.05, 4.69) is 15.6 Å². The van der Waals surface area contributed by atoms with E-state index in [-0.39, 0.29) is 0 Å². The summed E-state index contributed by atoms with van der Waals surface area (Å²) in [4.78, 5) is 0. The van der Waals surface area contributed by atoms with E-state index in [1.165, 1.54) is 0 Å². The Hall–Kier alpha value is -1.98. The first kappa shape index (κ1) is 11.5. The van der Waals surface area contributed by atoms with Crippen LogP contribution in [0.5, 0.6) is 0 Å². The summed E-state index contributed by atoms with van der Waals surface area (Å²) in [6.07, 6.45) is 0.822. The Balaban J connectivity index is 2.11. The second-order valence-corrected chi connectivity index (χ2v) is 3.97. The van der Waals surface area contributed by atoms with Crippen molar-refractivity contribution in [3.63, 3.8) is 0 Å². The van der Waals surface area contributed by atoms with E-state index in [1.54, 1.807) is 4.68 Å². The smallest absolute Gasteiger partial charge is 0.156 e. The van der Waals surface area contributed by atoms with Gasteiger partial charge in [-0.25, -0.2) is 0 Å². The fourth-order valence-corrected chi connectivity index (χ4v) is 1.74. The summed E-state index contributed by atoms with van der Waals surface area (Å²) < 4.78 is 6.86. The Bertz CT molecular complexity index is 514. The van der Waals surface area contributed by atoms with Gasteiger partial charge >= 0.3 is 0 Å². The molecule has 2 rings (SSSR count). The van der Waals surface area contributed by atoms with Crippen LogP contribution in [0.1, 0.15) is 24.1 Å². The molecule has 0 spiro atoms. The minimum Gasteiger partial charge on any atom is -0.394 e. The van der Waals surface area contributed by atoms with Crippen molar-refractivity contribution in [1.29, 1.82) is 0 Å². The summed E-state index contributed by atoms with van der Waals surface area (Å²) in [5, 5.41) is 11.4. The van der Waals surface area contributed by atoms with Crippen LogP contribution in [0, 0.1) is 6.92 Å². The van der Waals surface area contributed by atoms with Crippen molar-refractivity contribution in [1.82, 2.24) is 14.9 Å². The third kappa shape index (κ3) is 2.25. The minimum absolute atomic E-state index is 0.549. The number of hydrogen-bond donors (Lipinski definition) is 2. The maximum Gasteiger partial charge on any atom is 0.156 e. The number of nitrogens with one attached hydrogen (secondary N) is 1. The standard InChI is InChI=1S/C11H17N5O/c1-4-9-10(12)11(16(3)14-9)13-6-8-5-7(2)15-17-8/h5,13H,4,6,12H2,1-3H3. The summed E-state index contributed by atoms with van der Waals surface area (Å²) in [5.41, 5.74) is 8.47. The quantitative estimate of drug-likeness (QED) is 0.838. The minimum atomic E-state index is 0.549. The fourth-order valence-electron chi connectivity index (χ4n) is 1.74. The predicted molar refractivity (Wildman–Crippen MR) is 65.6 cm³/mol. The molecule has 6 nitrogen and oxygen atoms in total. The monoisotopic (exact) mass is 235 g/mol. The third-order valence-electron chi connectivity index (χ3n) is 2.60. The molecular formula is C11H17N5O. The van der Waals surface area contributed by atoms with Crippen LogP contribution in [0.3, 0.4) is 0 Å². The third-order valence-corrected chi connectivity index (χ3v) is 2.60. The zero-order valence-corrected chi connectivity index (χ0v) is 10.3. The lowest BCUT2D eigenvalue weighted by atomic mass is 10.3. The molecule has 2 aromatic rings. The highest BCUT2D eigenvalue weighted by atomic mass is 16.5. The average molecular weight is 235 g/mol. The molecule has 0 aliphatic heterocycles. The van der Waals surface area contributed by atoms with Crippen LogP contribution >= 0.6 is 0 Å². The first-order valence-corrected chi connectivity index (χ1v) is 5.59. The molecule has 0 aliphatic carbocycles. The Labute approximate surface area is 99.8 Å². The zero-order valence-electron chi connectivity index (χ0n) is 10.3. The van der Waals surface area contributed by atoms with Gasteiger partial charge in [0.25, 0.3) is 0 Å². The average Bonchev–Trinajstić information content (AvgIpc) is 2.82. The molecule has 0 bridgehead atoms. The van der Waals surface area contributed by atoms with Gasteiger partial charge in [0.05, 0.1) is 23.6 Å². The number of hydrogen-bond acceptors (Lipinski definition) is 5. The van der Waals surface area contributed by atoms with Gasteiger partial charge in [0.1, 0.15) is 5.82 Å². The largest absolute Gasteiger partial charge is 0.394 e. The number of nitrogens with zero attached hydrogens (tertiary/aromatic N) is 3. The molecule has 0 saturated carbocycles. The number of aryl methyl sites for hydroxylation is 3. The van der Waals surface area contributed by atoms with E-state index in [0.717, 1.165) is 29.4 Å². The van der Waals surface area contributed by atoms with Gasteiger partial charge in [-0.2, -0.15) is 5.10 Å². The summed E-state index contributed by atoms with van der Waals surface area (Å²) in [6, 6.07) is 1.89. The van der Waals surface area contributed by atoms with Gasteiger partial charge in [0.15, 0.2) is 5.76 Å². The second-order valence-electron chi connectivity index (χ2n) is 3.97. The number of rotatable bonds is 4. The molecule has 2 heterocycles. The highest BCUT2D eigenvalue weighted by Gasteiger charge is 2.12. The maximum absolute atomic E-state index is 5.99. The fraction of sp³-hybridized carbons (Fsp3) is 0.455. The van der Waals surface area contributed by atoms with E-state index in [9.17, 15) is 0 Å². The topological polar surface area (TPSA) is 81.9 Å². The molecule has 0 aliphatic rings. The Kier molecular flexibility index (Phi) is 3.03. The molecule has 3 N–H and O–H groups in total. The zero-order chi connectivity index (χ0) is 12.4. The SMILES string of the molecule is CCc1nn(C)c(NCc2cc(C)no2)c1N. The van der Waals surface area contributed by atoms with E-state index in [1.807, 2.05) is 27.0 Å². The number of anilines is 2. The van der Waals surface area contributed by atoms with E-state index >= 15 is 0 Å². The molecular weight excluding hydrogens is 218 g/mol. The first-order chi connectivity index (χ1) is 8.11. The van der Waals surface area contributed by atoms with Gasteiger partial charge in [-0.1, -0.05) is 12.1 Å². The Morgan fingerprint density at radius 3 is 2.82 bits per heavy atom. The van der Waals surface area contributed by atoms with Gasteiger partial charge < -0.3 is 15.6 Å². The van der Waals surface area contributed by atoms with Crippen molar-refractivity contribution in [2.24, 2.45) is 7.05 Å². The normalized spacial score (nSPS) is 10.8. The lowest BCUT2D eigenvalue weighted by molar-refractivity contribution is 0.384.